The average Bonchev–Trinajstić information content (AvgIpc) is 3.29. The summed E-state index contributed by atoms with van der Waals surface area (Å²) in [6, 6.07) is 5.91. The Bertz CT molecular complexity index is 870. The van der Waals surface area contributed by atoms with E-state index in [0.717, 1.165) is 22.2 Å². The number of carbonyl (C=O) groups is 1. The van der Waals surface area contributed by atoms with Crippen LogP contribution >= 0.6 is 0 Å². The maximum atomic E-state index is 11.9. The van der Waals surface area contributed by atoms with Crippen molar-refractivity contribution in [2.75, 3.05) is 18.5 Å². The first-order valence-electron chi connectivity index (χ1n) is 8.04. The van der Waals surface area contributed by atoms with E-state index in [0.29, 0.717) is 18.2 Å². The predicted molar refractivity (Wildman–Crippen MR) is 91.5 cm³/mol. The molecule has 0 radical (unpaired) electrons. The highest BCUT2D eigenvalue weighted by Crippen LogP contribution is 2.28. The second-order valence-electron chi connectivity index (χ2n) is 6.11. The van der Waals surface area contributed by atoms with Gasteiger partial charge in [0.1, 0.15) is 12.3 Å². The van der Waals surface area contributed by atoms with E-state index < -0.39 is 0 Å². The van der Waals surface area contributed by atoms with Crippen molar-refractivity contribution in [3.63, 3.8) is 0 Å². The average molecular weight is 322 g/mol. The van der Waals surface area contributed by atoms with Crippen LogP contribution in [0.15, 0.2) is 43.0 Å². The number of amides is 1. The highest BCUT2D eigenvalue weighted by atomic mass is 16.5. The number of ether oxygens (including phenoxy) is 1. The first-order valence-corrected chi connectivity index (χ1v) is 8.04. The van der Waals surface area contributed by atoms with Crippen molar-refractivity contribution in [1.29, 1.82) is 0 Å². The van der Waals surface area contributed by atoms with Crippen LogP contribution in [0.2, 0.25) is 0 Å². The van der Waals surface area contributed by atoms with Gasteiger partial charge in [-0.1, -0.05) is 0 Å². The first kappa shape index (κ1) is 14.8. The fourth-order valence-electron chi connectivity index (χ4n) is 2.56. The summed E-state index contributed by atoms with van der Waals surface area (Å²) in [5, 5.41) is 3.86. The van der Waals surface area contributed by atoms with E-state index in [-0.39, 0.29) is 12.5 Å². The third-order valence-corrected chi connectivity index (χ3v) is 4.04. The second-order valence-corrected chi connectivity index (χ2v) is 6.11. The van der Waals surface area contributed by atoms with Crippen LogP contribution in [-0.4, -0.2) is 34.1 Å². The topological polar surface area (TPSA) is 79.9 Å². The molecule has 6 nitrogen and oxygen atoms in total. The van der Waals surface area contributed by atoms with E-state index in [4.69, 9.17) is 4.74 Å². The monoisotopic (exact) mass is 322 g/mol. The number of pyridine rings is 2. The van der Waals surface area contributed by atoms with E-state index >= 15 is 0 Å². The molecule has 4 rings (SSSR count). The quantitative estimate of drug-likeness (QED) is 0.731. The zero-order chi connectivity index (χ0) is 16.4. The molecule has 6 heteroatoms. The van der Waals surface area contributed by atoms with E-state index in [2.05, 4.69) is 20.3 Å². The van der Waals surface area contributed by atoms with Gasteiger partial charge in [-0.3, -0.25) is 9.78 Å². The fourth-order valence-corrected chi connectivity index (χ4v) is 2.56. The van der Waals surface area contributed by atoms with E-state index in [1.54, 1.807) is 18.6 Å². The maximum Gasteiger partial charge on any atom is 0.250 e. The molecule has 0 saturated heterocycles. The number of H-pyrrole nitrogens is 1. The van der Waals surface area contributed by atoms with Gasteiger partial charge in [-0.15, -0.1) is 0 Å². The van der Waals surface area contributed by atoms with Gasteiger partial charge in [0, 0.05) is 35.1 Å². The number of fused-ring (bicyclic) bond motifs is 1. The molecule has 3 aromatic heterocycles. The SMILES string of the molecule is O=C(COCC1CC1)Nc1cncc(-c2cnc3[nH]ccc3c2)c1. The summed E-state index contributed by atoms with van der Waals surface area (Å²) in [5.41, 5.74) is 3.36. The Kier molecular flexibility index (Phi) is 3.96. The van der Waals surface area contributed by atoms with Crippen molar-refractivity contribution in [3.8, 4) is 11.1 Å². The summed E-state index contributed by atoms with van der Waals surface area (Å²) < 4.78 is 5.40. The molecular formula is C18H18N4O2. The number of aromatic amines is 1. The van der Waals surface area contributed by atoms with Gasteiger partial charge >= 0.3 is 0 Å². The molecule has 0 aliphatic heterocycles. The zero-order valence-electron chi connectivity index (χ0n) is 13.2. The lowest BCUT2D eigenvalue weighted by atomic mass is 10.1. The van der Waals surface area contributed by atoms with E-state index in [9.17, 15) is 4.79 Å². The molecule has 0 spiro atoms. The normalized spacial score (nSPS) is 14.0. The van der Waals surface area contributed by atoms with Crippen LogP contribution in [0, 0.1) is 5.92 Å². The summed E-state index contributed by atoms with van der Waals surface area (Å²) in [7, 11) is 0. The molecule has 0 unspecified atom stereocenters. The van der Waals surface area contributed by atoms with Crippen molar-refractivity contribution in [2.24, 2.45) is 5.92 Å². The standard InChI is InChI=1S/C18H18N4O2/c23-17(11-24-10-12-1-2-12)22-16-6-15(7-19-9-16)14-5-13-3-4-20-18(13)21-8-14/h3-9,12H,1-2,10-11H2,(H,20,21)(H,22,23). The Morgan fingerprint density at radius 1 is 1.25 bits per heavy atom. The Hall–Kier alpha value is -2.73. The maximum absolute atomic E-state index is 11.9. The van der Waals surface area contributed by atoms with Gasteiger partial charge in [-0.25, -0.2) is 4.98 Å². The lowest BCUT2D eigenvalue weighted by molar-refractivity contribution is -0.120. The van der Waals surface area contributed by atoms with Crippen LogP contribution in [0.4, 0.5) is 5.69 Å². The van der Waals surface area contributed by atoms with Gasteiger partial charge in [0.2, 0.25) is 5.91 Å². The van der Waals surface area contributed by atoms with Gasteiger partial charge in [-0.2, -0.15) is 0 Å². The number of aromatic nitrogens is 3. The second kappa shape index (κ2) is 6.41. The number of nitrogens with zero attached hydrogens (tertiary/aromatic N) is 2. The summed E-state index contributed by atoms with van der Waals surface area (Å²) in [4.78, 5) is 23.6. The smallest absolute Gasteiger partial charge is 0.250 e. The molecule has 2 N–H and O–H groups in total. The number of anilines is 1. The fraction of sp³-hybridized carbons (Fsp3) is 0.278. The van der Waals surface area contributed by atoms with Crippen LogP contribution in [0.25, 0.3) is 22.2 Å². The molecule has 0 bridgehead atoms. The zero-order valence-corrected chi connectivity index (χ0v) is 13.2. The minimum Gasteiger partial charge on any atom is -0.371 e. The summed E-state index contributed by atoms with van der Waals surface area (Å²) >= 11 is 0. The lowest BCUT2D eigenvalue weighted by Crippen LogP contribution is -2.19. The molecule has 0 atom stereocenters. The third-order valence-electron chi connectivity index (χ3n) is 4.04. The van der Waals surface area contributed by atoms with Crippen molar-refractivity contribution >= 4 is 22.6 Å². The summed E-state index contributed by atoms with van der Waals surface area (Å²) in [6.07, 6.45) is 9.47. The van der Waals surface area contributed by atoms with Crippen molar-refractivity contribution in [3.05, 3.63) is 43.0 Å². The Labute approximate surface area is 139 Å². The Morgan fingerprint density at radius 3 is 3.00 bits per heavy atom. The van der Waals surface area contributed by atoms with Gasteiger partial charge in [0.05, 0.1) is 18.5 Å². The molecule has 3 heterocycles. The van der Waals surface area contributed by atoms with Crippen LogP contribution in [0.3, 0.4) is 0 Å². The Balaban J connectivity index is 1.45. The van der Waals surface area contributed by atoms with Gasteiger partial charge in [0.25, 0.3) is 0 Å². The molecular weight excluding hydrogens is 304 g/mol. The number of hydrogen-bond acceptors (Lipinski definition) is 4. The third kappa shape index (κ3) is 3.44. The molecule has 1 amide bonds. The van der Waals surface area contributed by atoms with Crippen LogP contribution in [0.5, 0.6) is 0 Å². The Morgan fingerprint density at radius 2 is 2.12 bits per heavy atom. The molecule has 3 aromatic rings. The van der Waals surface area contributed by atoms with Crippen LogP contribution < -0.4 is 5.32 Å². The lowest BCUT2D eigenvalue weighted by Gasteiger charge is -2.08. The van der Waals surface area contributed by atoms with Crippen LogP contribution in [0.1, 0.15) is 12.8 Å². The molecule has 1 aliphatic rings. The van der Waals surface area contributed by atoms with Crippen LogP contribution in [-0.2, 0) is 9.53 Å². The van der Waals surface area contributed by atoms with Gasteiger partial charge < -0.3 is 15.0 Å². The number of rotatable bonds is 6. The summed E-state index contributed by atoms with van der Waals surface area (Å²) in [6.45, 7) is 0.756. The van der Waals surface area contributed by atoms with E-state index in [1.165, 1.54) is 12.8 Å². The van der Waals surface area contributed by atoms with Crippen molar-refractivity contribution < 1.29 is 9.53 Å². The van der Waals surface area contributed by atoms with Gasteiger partial charge in [-0.05, 0) is 37.0 Å². The molecule has 0 aromatic carbocycles. The molecule has 24 heavy (non-hydrogen) atoms. The first-order chi connectivity index (χ1) is 11.8. The number of hydrogen-bond donors (Lipinski definition) is 2. The predicted octanol–water partition coefficient (Wildman–Crippen LogP) is 2.99. The molecule has 1 fully saturated rings. The minimum atomic E-state index is -0.159. The van der Waals surface area contributed by atoms with Crippen molar-refractivity contribution in [1.82, 2.24) is 15.0 Å². The number of carbonyl (C=O) groups excluding carboxylic acids is 1. The molecule has 1 aliphatic carbocycles. The highest BCUT2D eigenvalue weighted by molar-refractivity contribution is 5.92. The van der Waals surface area contributed by atoms with Crippen molar-refractivity contribution in [2.45, 2.75) is 12.8 Å². The highest BCUT2D eigenvalue weighted by Gasteiger charge is 2.21. The summed E-state index contributed by atoms with van der Waals surface area (Å²) in [5.74, 6) is 0.493. The number of nitrogens with one attached hydrogen (secondary N) is 2. The minimum absolute atomic E-state index is 0.0809. The van der Waals surface area contributed by atoms with E-state index in [1.807, 2.05) is 24.4 Å². The van der Waals surface area contributed by atoms with Gasteiger partial charge in [0.15, 0.2) is 0 Å². The molecule has 1 saturated carbocycles. The largest absolute Gasteiger partial charge is 0.371 e. The molecule has 122 valence electrons.